The molecule has 0 unspecified atom stereocenters. The maximum absolute atomic E-state index is 13.3. The van der Waals surface area contributed by atoms with Gasteiger partial charge in [-0.05, 0) is 6.92 Å². The van der Waals surface area contributed by atoms with Crippen LogP contribution in [0.2, 0.25) is 0 Å². The van der Waals surface area contributed by atoms with Crippen LogP contribution in [-0.2, 0) is 0 Å². The number of urea groups is 1. The molecule has 18 heavy (non-hydrogen) atoms. The number of aryl methyl sites for hydroxylation is 1. The SMILES string of the molecule is Cc1noc(NC(=O)N2CCSCC(F)(F)C2)n1. The van der Waals surface area contributed by atoms with Gasteiger partial charge in [-0.1, -0.05) is 5.16 Å². The van der Waals surface area contributed by atoms with E-state index in [1.54, 1.807) is 6.92 Å². The second-order valence-electron chi connectivity index (χ2n) is 3.91. The molecule has 1 N–H and O–H groups in total. The summed E-state index contributed by atoms with van der Waals surface area (Å²) >= 11 is 1.13. The summed E-state index contributed by atoms with van der Waals surface area (Å²) in [5.74, 6) is -2.30. The van der Waals surface area contributed by atoms with Crippen LogP contribution in [0.4, 0.5) is 19.6 Å². The van der Waals surface area contributed by atoms with E-state index in [0.29, 0.717) is 11.6 Å². The Morgan fingerprint density at radius 1 is 1.61 bits per heavy atom. The Morgan fingerprint density at radius 2 is 2.39 bits per heavy atom. The van der Waals surface area contributed by atoms with Crippen molar-refractivity contribution >= 4 is 23.8 Å². The first-order chi connectivity index (χ1) is 8.46. The summed E-state index contributed by atoms with van der Waals surface area (Å²) < 4.78 is 31.3. The van der Waals surface area contributed by atoms with Crippen LogP contribution < -0.4 is 5.32 Å². The summed E-state index contributed by atoms with van der Waals surface area (Å²) in [7, 11) is 0. The number of alkyl halides is 2. The lowest BCUT2D eigenvalue weighted by atomic mass is 10.3. The van der Waals surface area contributed by atoms with E-state index in [1.165, 1.54) is 0 Å². The zero-order valence-electron chi connectivity index (χ0n) is 9.65. The molecule has 2 heterocycles. The van der Waals surface area contributed by atoms with Gasteiger partial charge in [0.05, 0.1) is 12.3 Å². The van der Waals surface area contributed by atoms with Gasteiger partial charge in [0.15, 0.2) is 5.82 Å². The maximum atomic E-state index is 13.3. The molecule has 1 aliphatic heterocycles. The van der Waals surface area contributed by atoms with Gasteiger partial charge in [0.25, 0.3) is 5.92 Å². The summed E-state index contributed by atoms with van der Waals surface area (Å²) in [5, 5.41) is 5.79. The zero-order valence-corrected chi connectivity index (χ0v) is 10.5. The minimum Gasteiger partial charge on any atom is -0.318 e. The number of carbonyl (C=O) groups excluding carboxylic acids is 1. The molecule has 2 amide bonds. The Kier molecular flexibility index (Phi) is 3.69. The van der Waals surface area contributed by atoms with E-state index in [1.807, 2.05) is 0 Å². The number of carbonyl (C=O) groups is 1. The van der Waals surface area contributed by atoms with Gasteiger partial charge in [-0.25, -0.2) is 13.6 Å². The molecule has 0 radical (unpaired) electrons. The highest BCUT2D eigenvalue weighted by molar-refractivity contribution is 7.99. The minimum absolute atomic E-state index is 0.0854. The van der Waals surface area contributed by atoms with Gasteiger partial charge in [0.2, 0.25) is 0 Å². The van der Waals surface area contributed by atoms with E-state index < -0.39 is 18.5 Å². The molecule has 100 valence electrons. The standard InChI is InChI=1S/C9H12F2N4O2S/c1-6-12-7(17-14-6)13-8(16)15-2-3-18-5-9(10,11)4-15/h2-5H2,1H3,(H,12,13,14,16). The van der Waals surface area contributed by atoms with Crippen molar-refractivity contribution in [1.82, 2.24) is 15.0 Å². The van der Waals surface area contributed by atoms with Crippen molar-refractivity contribution in [3.05, 3.63) is 5.82 Å². The molecule has 1 aromatic heterocycles. The van der Waals surface area contributed by atoms with Gasteiger partial charge in [-0.15, -0.1) is 0 Å². The van der Waals surface area contributed by atoms with Crippen LogP contribution in [0.3, 0.4) is 0 Å². The lowest BCUT2D eigenvalue weighted by molar-refractivity contribution is 0.00508. The maximum Gasteiger partial charge on any atom is 0.329 e. The number of rotatable bonds is 1. The van der Waals surface area contributed by atoms with Gasteiger partial charge in [-0.2, -0.15) is 16.7 Å². The fourth-order valence-corrected chi connectivity index (χ4v) is 2.38. The largest absolute Gasteiger partial charge is 0.329 e. The summed E-state index contributed by atoms with van der Waals surface area (Å²) in [6.45, 7) is 1.26. The molecule has 6 nitrogen and oxygen atoms in total. The van der Waals surface area contributed by atoms with E-state index in [2.05, 4.69) is 15.5 Å². The summed E-state index contributed by atoms with van der Waals surface area (Å²) in [6.07, 6.45) is 0. The first-order valence-corrected chi connectivity index (χ1v) is 6.43. The van der Waals surface area contributed by atoms with Crippen LogP contribution in [-0.4, -0.2) is 51.6 Å². The molecule has 9 heteroatoms. The average molecular weight is 278 g/mol. The smallest absolute Gasteiger partial charge is 0.318 e. The highest BCUT2D eigenvalue weighted by atomic mass is 32.2. The molecule has 0 bridgehead atoms. The molecule has 1 aromatic rings. The Hall–Kier alpha value is -1.38. The van der Waals surface area contributed by atoms with E-state index in [-0.39, 0.29) is 18.3 Å². The summed E-state index contributed by atoms with van der Waals surface area (Å²) in [5.41, 5.74) is 0. The van der Waals surface area contributed by atoms with Gasteiger partial charge < -0.3 is 9.42 Å². The first-order valence-electron chi connectivity index (χ1n) is 5.28. The van der Waals surface area contributed by atoms with E-state index in [4.69, 9.17) is 4.52 Å². The van der Waals surface area contributed by atoms with Crippen LogP contribution in [0, 0.1) is 6.92 Å². The van der Waals surface area contributed by atoms with E-state index >= 15 is 0 Å². The number of thioether (sulfide) groups is 1. The van der Waals surface area contributed by atoms with Crippen LogP contribution in [0.1, 0.15) is 5.82 Å². The Balaban J connectivity index is 1.99. The monoisotopic (exact) mass is 278 g/mol. The quantitative estimate of drug-likeness (QED) is 0.844. The Labute approximate surface area is 106 Å². The van der Waals surface area contributed by atoms with Crippen LogP contribution in [0.15, 0.2) is 4.52 Å². The lowest BCUT2D eigenvalue weighted by Crippen LogP contribution is -2.43. The molecular weight excluding hydrogens is 266 g/mol. The fourth-order valence-electron chi connectivity index (χ4n) is 1.49. The molecule has 2 rings (SSSR count). The van der Waals surface area contributed by atoms with Gasteiger partial charge >= 0.3 is 12.0 Å². The number of hydrogen-bond acceptors (Lipinski definition) is 5. The first kappa shape index (κ1) is 13.1. The normalized spacial score (nSPS) is 19.4. The molecule has 1 fully saturated rings. The van der Waals surface area contributed by atoms with Gasteiger partial charge in [0, 0.05) is 12.3 Å². The number of aromatic nitrogens is 2. The van der Waals surface area contributed by atoms with Gasteiger partial charge in [-0.3, -0.25) is 5.32 Å². The second kappa shape index (κ2) is 5.09. The number of nitrogens with zero attached hydrogens (tertiary/aromatic N) is 3. The third-order valence-electron chi connectivity index (χ3n) is 2.27. The van der Waals surface area contributed by atoms with E-state index in [0.717, 1.165) is 16.7 Å². The average Bonchev–Trinajstić information content (AvgIpc) is 2.58. The van der Waals surface area contributed by atoms with Crippen LogP contribution in [0.25, 0.3) is 0 Å². The van der Waals surface area contributed by atoms with Crippen molar-refractivity contribution < 1.29 is 18.1 Å². The highest BCUT2D eigenvalue weighted by Gasteiger charge is 2.36. The molecule has 0 aliphatic carbocycles. The highest BCUT2D eigenvalue weighted by Crippen LogP contribution is 2.25. The minimum atomic E-state index is -2.87. The number of nitrogens with one attached hydrogen (secondary N) is 1. The third kappa shape index (κ3) is 3.31. The molecule has 0 atom stereocenters. The summed E-state index contributed by atoms with van der Waals surface area (Å²) in [4.78, 5) is 16.6. The van der Waals surface area contributed by atoms with Crippen LogP contribution in [0.5, 0.6) is 0 Å². The molecule has 0 aromatic carbocycles. The molecule has 0 saturated carbocycles. The zero-order chi connectivity index (χ0) is 13.2. The number of anilines is 1. The summed E-state index contributed by atoms with van der Waals surface area (Å²) in [6, 6.07) is -0.737. The Bertz CT molecular complexity index is 440. The van der Waals surface area contributed by atoms with Crippen molar-refractivity contribution in [3.63, 3.8) is 0 Å². The molecular formula is C9H12F2N4O2S. The molecule has 1 saturated heterocycles. The molecule has 1 aliphatic rings. The topological polar surface area (TPSA) is 71.3 Å². The van der Waals surface area contributed by atoms with Crippen molar-refractivity contribution in [2.24, 2.45) is 0 Å². The third-order valence-corrected chi connectivity index (χ3v) is 3.37. The predicted molar refractivity (Wildman–Crippen MR) is 61.9 cm³/mol. The number of amides is 2. The lowest BCUT2D eigenvalue weighted by Gasteiger charge is -2.22. The van der Waals surface area contributed by atoms with Gasteiger partial charge in [0.1, 0.15) is 0 Å². The molecule has 0 spiro atoms. The van der Waals surface area contributed by atoms with Crippen molar-refractivity contribution in [2.45, 2.75) is 12.8 Å². The fraction of sp³-hybridized carbons (Fsp3) is 0.667. The van der Waals surface area contributed by atoms with Crippen molar-refractivity contribution in [1.29, 1.82) is 0 Å². The number of halogens is 2. The Morgan fingerprint density at radius 3 is 3.06 bits per heavy atom. The van der Waals surface area contributed by atoms with Crippen molar-refractivity contribution in [2.75, 3.05) is 29.9 Å². The predicted octanol–water partition coefficient (Wildman–Crippen LogP) is 1.59. The number of hydrogen-bond donors (Lipinski definition) is 1. The van der Waals surface area contributed by atoms with E-state index in [9.17, 15) is 13.6 Å². The van der Waals surface area contributed by atoms with Crippen LogP contribution >= 0.6 is 11.8 Å². The van der Waals surface area contributed by atoms with Crippen molar-refractivity contribution in [3.8, 4) is 0 Å². The second-order valence-corrected chi connectivity index (χ2v) is 5.01.